The van der Waals surface area contributed by atoms with Crippen LogP contribution in [0.15, 0.2) is 12.7 Å². The van der Waals surface area contributed by atoms with E-state index >= 15 is 0 Å². The van der Waals surface area contributed by atoms with Gasteiger partial charge in [-0.1, -0.05) is 19.9 Å². The third-order valence-corrected chi connectivity index (χ3v) is 4.17. The van der Waals surface area contributed by atoms with E-state index < -0.39 is 0 Å². The average Bonchev–Trinajstić information content (AvgIpc) is 2.28. The molecule has 1 aliphatic carbocycles. The lowest BCUT2D eigenvalue weighted by Gasteiger charge is -2.40. The molecule has 0 aromatic heterocycles. The minimum atomic E-state index is -0.313. The molecule has 2 atom stereocenters. The van der Waals surface area contributed by atoms with Gasteiger partial charge in [0.1, 0.15) is 5.60 Å². The summed E-state index contributed by atoms with van der Waals surface area (Å²) in [6, 6.07) is 0. The summed E-state index contributed by atoms with van der Waals surface area (Å²) >= 11 is 0. The Labute approximate surface area is 92.7 Å². The summed E-state index contributed by atoms with van der Waals surface area (Å²) in [5.41, 5.74) is -0.278. The van der Waals surface area contributed by atoms with Gasteiger partial charge < -0.3 is 4.74 Å². The molecule has 2 heteroatoms. The molecule has 2 unspecified atom stereocenters. The highest BCUT2D eigenvalue weighted by Crippen LogP contribution is 2.53. The molecule has 0 N–H and O–H groups in total. The molecular formula is C13H22O2. The number of hydrogen-bond donors (Lipinski definition) is 0. The predicted octanol–water partition coefficient (Wildman–Crippen LogP) is 3.32. The number of ether oxygens (including phenoxy) is 1. The minimum absolute atomic E-state index is 0.0346. The number of hydrogen-bond acceptors (Lipinski definition) is 2. The molecule has 2 nitrogen and oxygen atoms in total. The fraction of sp³-hybridized carbons (Fsp3) is 0.769. The molecule has 15 heavy (non-hydrogen) atoms. The van der Waals surface area contributed by atoms with Crippen molar-refractivity contribution in [1.29, 1.82) is 0 Å². The van der Waals surface area contributed by atoms with Crippen LogP contribution in [0.4, 0.5) is 0 Å². The topological polar surface area (TPSA) is 26.3 Å². The highest BCUT2D eigenvalue weighted by molar-refractivity contribution is 5.66. The predicted molar refractivity (Wildman–Crippen MR) is 61.5 cm³/mol. The summed E-state index contributed by atoms with van der Waals surface area (Å²) in [4.78, 5) is 11.1. The van der Waals surface area contributed by atoms with E-state index in [2.05, 4.69) is 27.4 Å². The zero-order chi connectivity index (χ0) is 11.7. The van der Waals surface area contributed by atoms with E-state index in [1.165, 1.54) is 6.92 Å². The van der Waals surface area contributed by atoms with Crippen LogP contribution in [0.3, 0.4) is 0 Å². The molecular weight excluding hydrogens is 188 g/mol. The summed E-state index contributed by atoms with van der Waals surface area (Å²) in [5.74, 6) is 0.393. The van der Waals surface area contributed by atoms with Crippen molar-refractivity contribution in [2.75, 3.05) is 0 Å². The average molecular weight is 210 g/mol. The normalized spacial score (nSPS) is 33.7. The standard InChI is InChI=1S/C13H22O2/c1-6-7-11-8-9-13(5,12(11,3)4)15-10(2)14/h6,11H,1,7-9H2,2-5H3. The molecule has 86 valence electrons. The molecule has 0 spiro atoms. The number of esters is 1. The van der Waals surface area contributed by atoms with Crippen molar-refractivity contribution < 1.29 is 9.53 Å². The third kappa shape index (κ3) is 2.09. The van der Waals surface area contributed by atoms with Crippen molar-refractivity contribution >= 4 is 5.97 Å². The molecule has 0 amide bonds. The zero-order valence-electron chi connectivity index (χ0n) is 10.3. The molecule has 0 radical (unpaired) electrons. The smallest absolute Gasteiger partial charge is 0.303 e. The second-order valence-electron chi connectivity index (χ2n) is 5.31. The molecule has 1 fully saturated rings. The molecule has 0 aliphatic heterocycles. The minimum Gasteiger partial charge on any atom is -0.459 e. The Balaban J connectivity index is 2.85. The summed E-state index contributed by atoms with van der Waals surface area (Å²) in [6.45, 7) is 11.7. The van der Waals surface area contributed by atoms with Crippen LogP contribution in [0.1, 0.15) is 47.0 Å². The van der Waals surface area contributed by atoms with Crippen LogP contribution in [-0.2, 0) is 9.53 Å². The second-order valence-corrected chi connectivity index (χ2v) is 5.31. The number of allylic oxidation sites excluding steroid dienone is 1. The first-order valence-corrected chi connectivity index (χ1v) is 5.64. The monoisotopic (exact) mass is 210 g/mol. The van der Waals surface area contributed by atoms with Crippen molar-refractivity contribution in [2.24, 2.45) is 11.3 Å². The Morgan fingerprint density at radius 1 is 1.53 bits per heavy atom. The molecule has 1 rings (SSSR count). The summed E-state index contributed by atoms with van der Waals surface area (Å²) in [5, 5.41) is 0. The van der Waals surface area contributed by atoms with Gasteiger partial charge in [0.15, 0.2) is 0 Å². The number of rotatable bonds is 3. The molecule has 0 bridgehead atoms. The van der Waals surface area contributed by atoms with Crippen LogP contribution in [0.2, 0.25) is 0 Å². The maximum atomic E-state index is 11.1. The van der Waals surface area contributed by atoms with Gasteiger partial charge in [0.05, 0.1) is 0 Å². The molecule has 1 aliphatic rings. The van der Waals surface area contributed by atoms with Gasteiger partial charge in [-0.25, -0.2) is 0 Å². The number of carbonyl (C=O) groups is 1. The van der Waals surface area contributed by atoms with Crippen LogP contribution < -0.4 is 0 Å². The van der Waals surface area contributed by atoms with E-state index in [1.54, 1.807) is 0 Å². The maximum absolute atomic E-state index is 11.1. The molecule has 0 saturated heterocycles. The highest BCUT2D eigenvalue weighted by atomic mass is 16.6. The lowest BCUT2D eigenvalue weighted by Crippen LogP contribution is -2.43. The lowest BCUT2D eigenvalue weighted by atomic mass is 9.72. The van der Waals surface area contributed by atoms with E-state index in [9.17, 15) is 4.79 Å². The van der Waals surface area contributed by atoms with Crippen molar-refractivity contribution in [2.45, 2.75) is 52.6 Å². The Kier molecular flexibility index (Phi) is 3.27. The van der Waals surface area contributed by atoms with Gasteiger partial charge in [0.25, 0.3) is 0 Å². The van der Waals surface area contributed by atoms with Gasteiger partial charge in [0, 0.05) is 12.3 Å². The Bertz CT molecular complexity index is 268. The Hall–Kier alpha value is -0.790. The second kappa shape index (κ2) is 3.99. The summed E-state index contributed by atoms with van der Waals surface area (Å²) in [7, 11) is 0. The number of carbonyl (C=O) groups excluding carboxylic acids is 1. The van der Waals surface area contributed by atoms with Crippen LogP contribution in [0.5, 0.6) is 0 Å². The molecule has 0 aromatic carbocycles. The third-order valence-electron chi connectivity index (χ3n) is 4.17. The quantitative estimate of drug-likeness (QED) is 0.527. The Morgan fingerprint density at radius 3 is 2.60 bits per heavy atom. The first-order valence-electron chi connectivity index (χ1n) is 5.64. The van der Waals surface area contributed by atoms with Crippen molar-refractivity contribution in [1.82, 2.24) is 0 Å². The van der Waals surface area contributed by atoms with Gasteiger partial charge in [0.2, 0.25) is 0 Å². The van der Waals surface area contributed by atoms with Crippen LogP contribution >= 0.6 is 0 Å². The SMILES string of the molecule is C=CCC1CCC(C)(OC(C)=O)C1(C)C. The zero-order valence-corrected chi connectivity index (χ0v) is 10.3. The van der Waals surface area contributed by atoms with E-state index in [-0.39, 0.29) is 17.0 Å². The molecule has 1 saturated carbocycles. The van der Waals surface area contributed by atoms with E-state index in [0.29, 0.717) is 5.92 Å². The molecule has 0 heterocycles. The highest BCUT2D eigenvalue weighted by Gasteiger charge is 2.53. The largest absolute Gasteiger partial charge is 0.459 e. The first kappa shape index (κ1) is 12.3. The fourth-order valence-corrected chi connectivity index (χ4v) is 2.68. The van der Waals surface area contributed by atoms with Crippen LogP contribution in [-0.4, -0.2) is 11.6 Å². The van der Waals surface area contributed by atoms with E-state index in [1.807, 2.05) is 6.08 Å². The van der Waals surface area contributed by atoms with Crippen LogP contribution in [0.25, 0.3) is 0 Å². The lowest BCUT2D eigenvalue weighted by molar-refractivity contribution is -0.166. The van der Waals surface area contributed by atoms with Gasteiger partial charge in [-0.05, 0) is 32.1 Å². The Morgan fingerprint density at radius 2 is 2.13 bits per heavy atom. The molecule has 0 aromatic rings. The van der Waals surface area contributed by atoms with Crippen molar-refractivity contribution in [3.05, 3.63) is 12.7 Å². The van der Waals surface area contributed by atoms with E-state index in [0.717, 1.165) is 19.3 Å². The maximum Gasteiger partial charge on any atom is 0.303 e. The van der Waals surface area contributed by atoms with Crippen molar-refractivity contribution in [3.8, 4) is 0 Å². The first-order chi connectivity index (χ1) is 6.83. The summed E-state index contributed by atoms with van der Waals surface area (Å²) < 4.78 is 5.52. The van der Waals surface area contributed by atoms with E-state index in [4.69, 9.17) is 4.74 Å². The van der Waals surface area contributed by atoms with Crippen LogP contribution in [0, 0.1) is 11.3 Å². The van der Waals surface area contributed by atoms with Gasteiger partial charge in [-0.2, -0.15) is 0 Å². The van der Waals surface area contributed by atoms with Crippen molar-refractivity contribution in [3.63, 3.8) is 0 Å². The van der Waals surface area contributed by atoms with Gasteiger partial charge in [-0.15, -0.1) is 6.58 Å². The van der Waals surface area contributed by atoms with Gasteiger partial charge in [-0.3, -0.25) is 4.79 Å². The summed E-state index contributed by atoms with van der Waals surface area (Å²) in [6.07, 6.45) is 5.04. The fourth-order valence-electron chi connectivity index (χ4n) is 2.68. The van der Waals surface area contributed by atoms with Gasteiger partial charge >= 0.3 is 5.97 Å².